The molecule has 0 spiro atoms. The number of ether oxygens (including phenoxy) is 2. The van der Waals surface area contributed by atoms with Crippen LogP contribution in [0.4, 0.5) is 0 Å². The molecule has 2 aromatic rings. The third-order valence-corrected chi connectivity index (χ3v) is 8.67. The van der Waals surface area contributed by atoms with Crippen molar-refractivity contribution in [2.45, 2.75) is 52.2 Å². The average molecular weight is 507 g/mol. The lowest BCUT2D eigenvalue weighted by molar-refractivity contribution is -0.188. The van der Waals surface area contributed by atoms with Crippen LogP contribution in [-0.4, -0.2) is 92.8 Å². The van der Waals surface area contributed by atoms with E-state index in [1.54, 1.807) is 17.8 Å². The molecule has 2 aliphatic heterocycles. The van der Waals surface area contributed by atoms with E-state index in [4.69, 9.17) is 14.9 Å². The van der Waals surface area contributed by atoms with E-state index in [0.717, 1.165) is 48.6 Å². The van der Waals surface area contributed by atoms with Gasteiger partial charge < -0.3 is 19.3 Å². The first-order valence-electron chi connectivity index (χ1n) is 13.0. The Hall–Kier alpha value is -3.34. The van der Waals surface area contributed by atoms with Crippen LogP contribution in [0.3, 0.4) is 0 Å². The number of fused-ring (bicyclic) bond motifs is 1. The summed E-state index contributed by atoms with van der Waals surface area (Å²) in [6.45, 7) is 12.7. The van der Waals surface area contributed by atoms with Gasteiger partial charge in [-0.3, -0.25) is 10.2 Å². The van der Waals surface area contributed by atoms with Crippen molar-refractivity contribution in [1.29, 1.82) is 5.41 Å². The molecule has 11 nitrogen and oxygen atoms in total. The Balaban J connectivity index is 1.05. The molecule has 7 rings (SSSR count). The van der Waals surface area contributed by atoms with Crippen LogP contribution >= 0.6 is 0 Å². The Kier molecular flexibility index (Phi) is 5.59. The van der Waals surface area contributed by atoms with Gasteiger partial charge >= 0.3 is 0 Å². The minimum atomic E-state index is -0.395. The molecule has 2 atom stereocenters. The number of carbonyl (C=O) groups is 1. The van der Waals surface area contributed by atoms with Crippen LogP contribution in [0.5, 0.6) is 5.75 Å². The van der Waals surface area contributed by atoms with Gasteiger partial charge in [0.15, 0.2) is 5.75 Å². The maximum absolute atomic E-state index is 12.9. The van der Waals surface area contributed by atoms with Crippen LogP contribution < -0.4 is 4.74 Å². The molecule has 2 aromatic heterocycles. The maximum atomic E-state index is 12.9. The SMILES string of the molecule is C=C(C=NC(=N)C12CC(C1)C2C(=O)N1CC(OC)C1)N1CC[C@@H](Oc2c(C)nc3nc(C)nn3c2C)C1. The predicted molar refractivity (Wildman–Crippen MR) is 137 cm³/mol. The van der Waals surface area contributed by atoms with Gasteiger partial charge in [0, 0.05) is 44.3 Å². The highest BCUT2D eigenvalue weighted by molar-refractivity contribution is 6.01. The van der Waals surface area contributed by atoms with E-state index in [-0.39, 0.29) is 24.0 Å². The minimum absolute atomic E-state index is 0.0158. The Labute approximate surface area is 216 Å². The van der Waals surface area contributed by atoms with Crippen LogP contribution in [0, 0.1) is 43.4 Å². The molecule has 196 valence electrons. The molecule has 11 heteroatoms. The summed E-state index contributed by atoms with van der Waals surface area (Å²) in [5.41, 5.74) is 2.04. The second kappa shape index (κ2) is 8.61. The highest BCUT2D eigenvalue weighted by Crippen LogP contribution is 2.70. The first-order chi connectivity index (χ1) is 17.7. The number of nitrogens with zero attached hydrogens (tertiary/aromatic N) is 7. The number of aliphatic imine (C=N–C) groups is 1. The molecule has 0 radical (unpaired) electrons. The van der Waals surface area contributed by atoms with Crippen LogP contribution in [-0.2, 0) is 9.53 Å². The number of carbonyl (C=O) groups excluding carboxylic acids is 1. The van der Waals surface area contributed by atoms with Gasteiger partial charge in [-0.2, -0.15) is 9.50 Å². The number of hydrogen-bond donors (Lipinski definition) is 1. The van der Waals surface area contributed by atoms with E-state index in [1.165, 1.54) is 0 Å². The van der Waals surface area contributed by atoms with E-state index < -0.39 is 5.41 Å². The number of amidine groups is 1. The zero-order valence-corrected chi connectivity index (χ0v) is 21.9. The Bertz CT molecular complexity index is 1320. The Morgan fingerprint density at radius 3 is 2.57 bits per heavy atom. The Morgan fingerprint density at radius 2 is 1.89 bits per heavy atom. The summed E-state index contributed by atoms with van der Waals surface area (Å²) in [6.07, 6.45) is 4.42. The monoisotopic (exact) mass is 506 g/mol. The number of aryl methyl sites for hydroxylation is 3. The summed E-state index contributed by atoms with van der Waals surface area (Å²) in [5, 5.41) is 13.1. The fourth-order valence-corrected chi connectivity index (χ4v) is 6.27. The highest BCUT2D eigenvalue weighted by atomic mass is 16.5. The number of nitrogens with one attached hydrogen (secondary N) is 1. The van der Waals surface area contributed by atoms with Crippen LogP contribution in [0.15, 0.2) is 17.3 Å². The molecule has 37 heavy (non-hydrogen) atoms. The first-order valence-corrected chi connectivity index (χ1v) is 13.0. The molecule has 2 saturated heterocycles. The van der Waals surface area contributed by atoms with Gasteiger partial charge in [-0.05, 0) is 39.5 Å². The Morgan fingerprint density at radius 1 is 1.16 bits per heavy atom. The second-order valence-electron chi connectivity index (χ2n) is 11.0. The summed E-state index contributed by atoms with van der Waals surface area (Å²) in [4.78, 5) is 30.3. The molecule has 3 aliphatic carbocycles. The zero-order valence-electron chi connectivity index (χ0n) is 21.9. The molecule has 5 fully saturated rings. The number of methoxy groups -OCH3 is 1. The van der Waals surface area contributed by atoms with E-state index >= 15 is 0 Å². The molecular formula is C26H34N8O3. The smallest absolute Gasteiger partial charge is 0.253 e. The summed E-state index contributed by atoms with van der Waals surface area (Å²) in [7, 11) is 1.68. The van der Waals surface area contributed by atoms with Crippen molar-refractivity contribution in [3.05, 3.63) is 29.5 Å². The molecule has 3 saturated carbocycles. The van der Waals surface area contributed by atoms with Crippen molar-refractivity contribution in [3.8, 4) is 5.75 Å². The summed E-state index contributed by atoms with van der Waals surface area (Å²) in [6, 6.07) is 0. The average Bonchev–Trinajstić information content (AvgIpc) is 3.39. The van der Waals surface area contributed by atoms with Crippen LogP contribution in [0.1, 0.15) is 36.5 Å². The fraction of sp³-hybridized carbons (Fsp3) is 0.615. The van der Waals surface area contributed by atoms with E-state index in [2.05, 4.69) is 31.5 Å². The number of hydrogen-bond acceptors (Lipinski definition) is 8. The van der Waals surface area contributed by atoms with Gasteiger partial charge in [0.25, 0.3) is 5.78 Å². The number of amides is 1. The molecular weight excluding hydrogens is 472 g/mol. The fourth-order valence-electron chi connectivity index (χ4n) is 6.27. The van der Waals surface area contributed by atoms with Crippen molar-refractivity contribution in [1.82, 2.24) is 29.4 Å². The standard InChI is InChI=1S/C26H34N8O3/c1-14(10-28-24(27)26-8-18(9-26)21(26)23(35)33-12-20(13-33)36-5)32-7-6-19(11-32)37-22-15(2)29-25-30-17(4)31-34(25)16(22)3/h10,18-21,27H,1,6-9,11-13H2,2-5H3/t18?,19-,21?,26?/m1/s1. The summed E-state index contributed by atoms with van der Waals surface area (Å²) >= 11 is 0. The van der Waals surface area contributed by atoms with E-state index in [1.807, 2.05) is 25.7 Å². The summed E-state index contributed by atoms with van der Waals surface area (Å²) < 4.78 is 13.4. The van der Waals surface area contributed by atoms with Crippen molar-refractivity contribution in [2.24, 2.45) is 22.2 Å². The molecule has 1 amide bonds. The predicted octanol–water partition coefficient (Wildman–Crippen LogP) is 1.95. The third kappa shape index (κ3) is 3.74. The molecule has 1 unspecified atom stereocenters. The van der Waals surface area contributed by atoms with E-state index in [0.29, 0.717) is 43.0 Å². The summed E-state index contributed by atoms with van der Waals surface area (Å²) in [5.74, 6) is 2.76. The highest BCUT2D eigenvalue weighted by Gasteiger charge is 2.71. The van der Waals surface area contributed by atoms with Gasteiger partial charge in [-0.15, -0.1) is 5.10 Å². The zero-order chi connectivity index (χ0) is 26.1. The molecule has 4 heterocycles. The number of allylic oxidation sites excluding steroid dienone is 1. The van der Waals surface area contributed by atoms with Gasteiger partial charge in [0.2, 0.25) is 5.91 Å². The number of rotatable bonds is 7. The molecule has 2 bridgehead atoms. The third-order valence-electron chi connectivity index (χ3n) is 8.67. The quantitative estimate of drug-likeness (QED) is 0.450. The lowest BCUT2D eigenvalue weighted by atomic mass is 9.36. The lowest BCUT2D eigenvalue weighted by Crippen LogP contribution is -2.71. The maximum Gasteiger partial charge on any atom is 0.253 e. The molecule has 0 aromatic carbocycles. The van der Waals surface area contributed by atoms with Crippen molar-refractivity contribution in [3.63, 3.8) is 0 Å². The first kappa shape index (κ1) is 24.0. The largest absolute Gasteiger partial charge is 0.485 e. The number of aromatic nitrogens is 4. The normalized spacial score (nSPS) is 28.8. The van der Waals surface area contributed by atoms with Gasteiger partial charge in [0.1, 0.15) is 17.8 Å². The van der Waals surface area contributed by atoms with Crippen LogP contribution in [0.2, 0.25) is 0 Å². The second-order valence-corrected chi connectivity index (χ2v) is 11.0. The minimum Gasteiger partial charge on any atom is -0.485 e. The van der Waals surface area contributed by atoms with Crippen molar-refractivity contribution >= 4 is 23.7 Å². The topological polar surface area (TPSA) is 121 Å². The molecule has 1 N–H and O–H groups in total. The van der Waals surface area contributed by atoms with Crippen LogP contribution in [0.25, 0.3) is 5.78 Å². The van der Waals surface area contributed by atoms with Gasteiger partial charge in [0.05, 0.1) is 36.2 Å². The van der Waals surface area contributed by atoms with Gasteiger partial charge in [-0.25, -0.2) is 9.98 Å². The van der Waals surface area contributed by atoms with Crippen molar-refractivity contribution < 1.29 is 14.3 Å². The number of likely N-dealkylation sites (tertiary alicyclic amines) is 2. The van der Waals surface area contributed by atoms with E-state index in [9.17, 15) is 4.79 Å². The van der Waals surface area contributed by atoms with Crippen molar-refractivity contribution in [2.75, 3.05) is 33.3 Å². The molecule has 5 aliphatic rings. The van der Waals surface area contributed by atoms with Gasteiger partial charge in [-0.1, -0.05) is 6.58 Å². The lowest BCUT2D eigenvalue weighted by Gasteiger charge is -2.67.